The van der Waals surface area contributed by atoms with Gasteiger partial charge in [0, 0.05) is 0 Å². The summed E-state index contributed by atoms with van der Waals surface area (Å²) in [4.78, 5) is 10.6. The number of hydrogen-bond donors (Lipinski definition) is 2. The van der Waals surface area contributed by atoms with Gasteiger partial charge in [-0.05, 0) is 30.7 Å². The van der Waals surface area contributed by atoms with Crippen molar-refractivity contribution in [2.24, 2.45) is 0 Å². The fraction of sp³-hybridized carbons (Fsp3) is 0.0714. The van der Waals surface area contributed by atoms with Gasteiger partial charge in [0.25, 0.3) is 10.0 Å². The van der Waals surface area contributed by atoms with Crippen molar-refractivity contribution < 1.29 is 22.7 Å². The first kappa shape index (κ1) is 15.0. The van der Waals surface area contributed by atoms with Crippen molar-refractivity contribution in [1.82, 2.24) is 0 Å². The molecule has 0 spiro atoms. The Kier molecular flexibility index (Phi) is 3.95. The van der Waals surface area contributed by atoms with Crippen molar-refractivity contribution in [3.8, 4) is 0 Å². The van der Waals surface area contributed by atoms with Gasteiger partial charge in [-0.15, -0.1) is 0 Å². The molecule has 21 heavy (non-hydrogen) atoms. The molecule has 0 aliphatic heterocycles. The first-order valence-corrected chi connectivity index (χ1v) is 7.41. The third kappa shape index (κ3) is 3.03. The molecule has 0 saturated heterocycles. The van der Waals surface area contributed by atoms with Gasteiger partial charge in [0.05, 0.1) is 11.3 Å². The van der Waals surface area contributed by atoms with E-state index in [0.717, 1.165) is 12.1 Å². The summed E-state index contributed by atoms with van der Waals surface area (Å²) >= 11 is 0. The topological polar surface area (TPSA) is 83.5 Å². The molecule has 0 bridgehead atoms. The molecule has 0 amide bonds. The van der Waals surface area contributed by atoms with Gasteiger partial charge in [-0.25, -0.2) is 17.6 Å². The zero-order chi connectivity index (χ0) is 15.6. The van der Waals surface area contributed by atoms with Crippen LogP contribution in [0.4, 0.5) is 10.1 Å². The molecule has 0 heterocycles. The highest BCUT2D eigenvalue weighted by Gasteiger charge is 2.22. The maximum Gasteiger partial charge on any atom is 0.337 e. The van der Waals surface area contributed by atoms with Crippen LogP contribution in [0.25, 0.3) is 0 Å². The lowest BCUT2D eigenvalue weighted by atomic mass is 10.1. The molecule has 0 aromatic heterocycles. The molecule has 5 nitrogen and oxygen atoms in total. The molecule has 0 fully saturated rings. The molecule has 7 heteroatoms. The molecule has 2 N–H and O–H groups in total. The summed E-state index contributed by atoms with van der Waals surface area (Å²) in [6.07, 6.45) is 0. The van der Waals surface area contributed by atoms with Crippen molar-refractivity contribution in [3.05, 3.63) is 59.4 Å². The van der Waals surface area contributed by atoms with Crippen LogP contribution in [0.3, 0.4) is 0 Å². The minimum atomic E-state index is -4.21. The number of para-hydroxylation sites is 1. The van der Waals surface area contributed by atoms with Gasteiger partial charge in [0.2, 0.25) is 0 Å². The quantitative estimate of drug-likeness (QED) is 0.909. The van der Waals surface area contributed by atoms with E-state index in [1.54, 1.807) is 13.0 Å². The average Bonchev–Trinajstić information content (AvgIpc) is 2.41. The lowest BCUT2D eigenvalue weighted by Crippen LogP contribution is -2.17. The maximum absolute atomic E-state index is 13.6. The Balaban J connectivity index is 2.52. The molecule has 2 rings (SSSR count). The second kappa shape index (κ2) is 5.53. The number of halogens is 1. The van der Waals surface area contributed by atoms with E-state index < -0.39 is 26.7 Å². The number of carboxylic acid groups (broad SMARTS) is 1. The first-order valence-electron chi connectivity index (χ1n) is 5.93. The van der Waals surface area contributed by atoms with Crippen LogP contribution >= 0.6 is 0 Å². The fourth-order valence-corrected chi connectivity index (χ4v) is 3.07. The highest BCUT2D eigenvalue weighted by atomic mass is 32.2. The Morgan fingerprint density at radius 2 is 1.81 bits per heavy atom. The number of carbonyl (C=O) groups is 1. The Labute approximate surface area is 121 Å². The predicted octanol–water partition coefficient (Wildman–Crippen LogP) is 2.63. The third-order valence-corrected chi connectivity index (χ3v) is 4.25. The number of nitrogens with one attached hydrogen (secondary N) is 1. The van der Waals surface area contributed by atoms with E-state index in [0.29, 0.717) is 5.56 Å². The van der Waals surface area contributed by atoms with Crippen molar-refractivity contribution in [1.29, 1.82) is 0 Å². The largest absolute Gasteiger partial charge is 0.478 e. The predicted molar refractivity (Wildman–Crippen MR) is 75.3 cm³/mol. The lowest BCUT2D eigenvalue weighted by molar-refractivity contribution is 0.0698. The Bertz CT molecular complexity index is 802. The number of sulfonamides is 1. The third-order valence-electron chi connectivity index (χ3n) is 2.87. The number of aromatic carboxylic acids is 1. The van der Waals surface area contributed by atoms with Gasteiger partial charge < -0.3 is 5.11 Å². The summed E-state index contributed by atoms with van der Waals surface area (Å²) in [6.45, 7) is 1.56. The zero-order valence-corrected chi connectivity index (χ0v) is 11.8. The highest BCUT2D eigenvalue weighted by Crippen LogP contribution is 2.25. The number of anilines is 1. The minimum absolute atomic E-state index is 0.0757. The van der Waals surface area contributed by atoms with Gasteiger partial charge in [-0.3, -0.25) is 4.72 Å². The molecule has 0 aliphatic carbocycles. The lowest BCUT2D eigenvalue weighted by Gasteiger charge is -2.13. The van der Waals surface area contributed by atoms with Crippen LogP contribution in [-0.2, 0) is 10.0 Å². The van der Waals surface area contributed by atoms with Gasteiger partial charge >= 0.3 is 5.97 Å². The fourth-order valence-electron chi connectivity index (χ4n) is 1.83. The van der Waals surface area contributed by atoms with E-state index in [9.17, 15) is 17.6 Å². The Hall–Kier alpha value is -2.41. The van der Waals surface area contributed by atoms with Crippen molar-refractivity contribution >= 4 is 21.7 Å². The van der Waals surface area contributed by atoms with E-state index in [-0.39, 0.29) is 11.3 Å². The van der Waals surface area contributed by atoms with Crippen LogP contribution in [0.2, 0.25) is 0 Å². The SMILES string of the molecule is Cc1cccc(C(=O)O)c1NS(=O)(=O)c1ccccc1F. The van der Waals surface area contributed by atoms with Gasteiger partial charge in [0.1, 0.15) is 10.7 Å². The average molecular weight is 309 g/mol. The smallest absolute Gasteiger partial charge is 0.337 e. The van der Waals surface area contributed by atoms with E-state index in [1.165, 1.54) is 24.3 Å². The molecule has 0 unspecified atom stereocenters. The van der Waals surface area contributed by atoms with Gasteiger partial charge in [-0.2, -0.15) is 0 Å². The molecule has 0 radical (unpaired) electrons. The van der Waals surface area contributed by atoms with Crippen LogP contribution in [0, 0.1) is 12.7 Å². The molecule has 2 aromatic rings. The Morgan fingerprint density at radius 1 is 1.14 bits per heavy atom. The molecule has 110 valence electrons. The van der Waals surface area contributed by atoms with E-state index in [4.69, 9.17) is 5.11 Å². The summed E-state index contributed by atoms with van der Waals surface area (Å²) in [5, 5.41) is 9.10. The Morgan fingerprint density at radius 3 is 2.43 bits per heavy atom. The van der Waals surface area contributed by atoms with Crippen LogP contribution in [0.5, 0.6) is 0 Å². The summed E-state index contributed by atoms with van der Waals surface area (Å²) in [6, 6.07) is 9.21. The molecular formula is C14H12FNO4S. The van der Waals surface area contributed by atoms with Gasteiger partial charge in [0.15, 0.2) is 0 Å². The van der Waals surface area contributed by atoms with Crippen LogP contribution in [0.1, 0.15) is 15.9 Å². The summed E-state index contributed by atoms with van der Waals surface area (Å²) in [5.74, 6) is -2.18. The zero-order valence-electron chi connectivity index (χ0n) is 11.0. The number of carboxylic acids is 1. The molecule has 2 aromatic carbocycles. The van der Waals surface area contributed by atoms with Crippen molar-refractivity contribution in [3.63, 3.8) is 0 Å². The molecule has 0 aliphatic rings. The number of hydrogen-bond acceptors (Lipinski definition) is 3. The molecule has 0 saturated carbocycles. The van der Waals surface area contributed by atoms with Gasteiger partial charge in [-0.1, -0.05) is 24.3 Å². The van der Waals surface area contributed by atoms with Crippen LogP contribution in [-0.4, -0.2) is 19.5 Å². The highest BCUT2D eigenvalue weighted by molar-refractivity contribution is 7.92. The van der Waals surface area contributed by atoms with Crippen molar-refractivity contribution in [2.45, 2.75) is 11.8 Å². The molecule has 0 atom stereocenters. The standard InChI is InChI=1S/C14H12FNO4S/c1-9-5-4-6-10(14(17)18)13(9)16-21(19,20)12-8-3-2-7-11(12)15/h2-8,16H,1H3,(H,17,18). The maximum atomic E-state index is 13.6. The van der Waals surface area contributed by atoms with E-state index >= 15 is 0 Å². The van der Waals surface area contributed by atoms with Crippen LogP contribution in [0.15, 0.2) is 47.4 Å². The van der Waals surface area contributed by atoms with Crippen LogP contribution < -0.4 is 4.72 Å². The summed E-state index contributed by atoms with van der Waals surface area (Å²) in [7, 11) is -4.21. The normalized spacial score (nSPS) is 11.1. The van der Waals surface area contributed by atoms with E-state index in [2.05, 4.69) is 4.72 Å². The number of benzene rings is 2. The van der Waals surface area contributed by atoms with Crippen molar-refractivity contribution in [2.75, 3.05) is 4.72 Å². The summed E-state index contributed by atoms with van der Waals surface area (Å²) in [5.41, 5.74) is 0.151. The number of aryl methyl sites for hydroxylation is 1. The molecular weight excluding hydrogens is 297 g/mol. The number of rotatable bonds is 4. The minimum Gasteiger partial charge on any atom is -0.478 e. The first-order chi connectivity index (χ1) is 9.83. The summed E-state index contributed by atoms with van der Waals surface area (Å²) < 4.78 is 40.2. The second-order valence-electron chi connectivity index (χ2n) is 4.34. The van der Waals surface area contributed by atoms with E-state index in [1.807, 2.05) is 0 Å². The monoisotopic (exact) mass is 309 g/mol. The second-order valence-corrected chi connectivity index (χ2v) is 5.99.